The SMILES string of the molecule is C=CC(=O)N1CCc2nc(-c3nc(N4CCN(C(C)C)C(=O)C4)c4ccsc4c3-c3ccc(F)cc3OCCOC)sc2C1. The van der Waals surface area contributed by atoms with Crippen molar-refractivity contribution in [2.24, 2.45) is 0 Å². The van der Waals surface area contributed by atoms with Crippen molar-refractivity contribution in [3.8, 4) is 27.6 Å². The van der Waals surface area contributed by atoms with E-state index in [0.29, 0.717) is 61.2 Å². The van der Waals surface area contributed by atoms with Crippen molar-refractivity contribution < 1.29 is 23.5 Å². The smallest absolute Gasteiger partial charge is 0.246 e. The zero-order chi connectivity index (χ0) is 31.0. The Morgan fingerprint density at radius 3 is 2.75 bits per heavy atom. The van der Waals surface area contributed by atoms with Crippen molar-refractivity contribution in [1.29, 1.82) is 0 Å². The molecule has 3 aromatic heterocycles. The molecule has 0 N–H and O–H groups in total. The Morgan fingerprint density at radius 2 is 2.00 bits per heavy atom. The van der Waals surface area contributed by atoms with Crippen LogP contribution in [0.2, 0.25) is 0 Å². The molecule has 2 amide bonds. The number of piperazine rings is 1. The molecule has 230 valence electrons. The lowest BCUT2D eigenvalue weighted by molar-refractivity contribution is -0.132. The molecule has 4 aromatic rings. The first kappa shape index (κ1) is 30.2. The molecule has 12 heteroatoms. The van der Waals surface area contributed by atoms with Gasteiger partial charge >= 0.3 is 0 Å². The number of fused-ring (bicyclic) bond motifs is 2. The highest BCUT2D eigenvalue weighted by atomic mass is 32.1. The molecule has 0 saturated carbocycles. The second kappa shape index (κ2) is 12.6. The number of carbonyl (C=O) groups is 2. The van der Waals surface area contributed by atoms with E-state index in [1.807, 2.05) is 35.1 Å². The van der Waals surface area contributed by atoms with Gasteiger partial charge in [0.15, 0.2) is 0 Å². The van der Waals surface area contributed by atoms with Crippen LogP contribution in [-0.2, 0) is 27.3 Å². The number of ether oxygens (including phenoxy) is 2. The molecule has 1 saturated heterocycles. The highest BCUT2D eigenvalue weighted by molar-refractivity contribution is 7.18. The number of pyridine rings is 1. The summed E-state index contributed by atoms with van der Waals surface area (Å²) in [5, 5.41) is 3.63. The van der Waals surface area contributed by atoms with E-state index in [-0.39, 0.29) is 31.0 Å². The van der Waals surface area contributed by atoms with Crippen molar-refractivity contribution in [2.45, 2.75) is 32.9 Å². The second-order valence-corrected chi connectivity index (χ2v) is 13.0. The van der Waals surface area contributed by atoms with Crippen molar-refractivity contribution >= 4 is 50.4 Å². The summed E-state index contributed by atoms with van der Waals surface area (Å²) in [6.45, 7) is 10.8. The Morgan fingerprint density at radius 1 is 1.16 bits per heavy atom. The lowest BCUT2D eigenvalue weighted by Crippen LogP contribution is -2.53. The fourth-order valence-corrected chi connectivity index (χ4v) is 7.81. The molecule has 44 heavy (non-hydrogen) atoms. The predicted molar refractivity (Wildman–Crippen MR) is 172 cm³/mol. The maximum absolute atomic E-state index is 14.6. The van der Waals surface area contributed by atoms with Crippen molar-refractivity contribution in [3.63, 3.8) is 0 Å². The van der Waals surface area contributed by atoms with E-state index in [1.165, 1.54) is 29.5 Å². The van der Waals surface area contributed by atoms with Crippen LogP contribution in [0.3, 0.4) is 0 Å². The molecular weight excluding hydrogens is 602 g/mol. The number of anilines is 1. The van der Waals surface area contributed by atoms with Gasteiger partial charge in [-0.05, 0) is 43.5 Å². The number of amides is 2. The van der Waals surface area contributed by atoms with Crippen LogP contribution < -0.4 is 9.64 Å². The number of benzene rings is 1. The summed E-state index contributed by atoms with van der Waals surface area (Å²) in [6, 6.07) is 6.68. The van der Waals surface area contributed by atoms with Gasteiger partial charge in [-0.2, -0.15) is 0 Å². The quantitative estimate of drug-likeness (QED) is 0.180. The minimum absolute atomic E-state index is 0.0612. The van der Waals surface area contributed by atoms with Gasteiger partial charge in [0.05, 0.1) is 25.4 Å². The van der Waals surface area contributed by atoms with Crippen LogP contribution in [-0.4, -0.2) is 84.1 Å². The maximum Gasteiger partial charge on any atom is 0.246 e. The number of aromatic nitrogens is 2. The van der Waals surface area contributed by atoms with Gasteiger partial charge in [-0.1, -0.05) is 6.58 Å². The maximum atomic E-state index is 14.6. The monoisotopic (exact) mass is 635 g/mol. The zero-order valence-electron chi connectivity index (χ0n) is 25.0. The number of methoxy groups -OCH3 is 1. The van der Waals surface area contributed by atoms with Crippen molar-refractivity contribution in [1.82, 2.24) is 19.8 Å². The Hall–Kier alpha value is -3.87. The minimum Gasteiger partial charge on any atom is -0.490 e. The summed E-state index contributed by atoms with van der Waals surface area (Å²) < 4.78 is 26.7. The number of nitrogens with zero attached hydrogens (tertiary/aromatic N) is 5. The van der Waals surface area contributed by atoms with E-state index >= 15 is 0 Å². The highest BCUT2D eigenvalue weighted by Gasteiger charge is 2.31. The third-order valence-electron chi connectivity index (χ3n) is 7.95. The fourth-order valence-electron chi connectivity index (χ4n) is 5.74. The number of hydrogen-bond acceptors (Lipinski definition) is 9. The summed E-state index contributed by atoms with van der Waals surface area (Å²) in [4.78, 5) is 42.5. The van der Waals surface area contributed by atoms with Gasteiger partial charge in [-0.3, -0.25) is 9.59 Å². The summed E-state index contributed by atoms with van der Waals surface area (Å²) in [5.41, 5.74) is 3.07. The largest absolute Gasteiger partial charge is 0.490 e. The molecule has 5 heterocycles. The van der Waals surface area contributed by atoms with Crippen LogP contribution >= 0.6 is 22.7 Å². The standard InChI is InChI=1S/C32H34FN5O4S2/c1-5-26(39)36-10-8-23-25(17-36)44-32(34-23)29-28(21-7-6-20(33)16-24(21)42-14-13-41-4)30-22(9-15-43-30)31(35-29)37-11-12-38(19(2)3)27(40)18-37/h5-7,9,15-16,19H,1,8,10-14,17-18H2,2-4H3. The normalized spacial score (nSPS) is 15.3. The van der Waals surface area contributed by atoms with Gasteiger partial charge in [0, 0.05) is 71.4 Å². The summed E-state index contributed by atoms with van der Waals surface area (Å²) in [6.07, 6.45) is 1.96. The lowest BCUT2D eigenvalue weighted by atomic mass is 10.0. The molecule has 0 atom stereocenters. The molecular formula is C32H34FN5O4S2. The third-order valence-corrected chi connectivity index (χ3v) is 9.97. The van der Waals surface area contributed by atoms with E-state index in [4.69, 9.17) is 19.4 Å². The van der Waals surface area contributed by atoms with E-state index in [2.05, 4.69) is 6.58 Å². The van der Waals surface area contributed by atoms with Gasteiger partial charge < -0.3 is 24.2 Å². The van der Waals surface area contributed by atoms with Gasteiger partial charge in [-0.15, -0.1) is 22.7 Å². The minimum atomic E-state index is -0.409. The Labute approximate surface area is 263 Å². The lowest BCUT2D eigenvalue weighted by Gasteiger charge is -2.37. The summed E-state index contributed by atoms with van der Waals surface area (Å²) >= 11 is 3.07. The molecule has 2 aliphatic heterocycles. The van der Waals surface area contributed by atoms with E-state index < -0.39 is 5.82 Å². The first-order valence-corrected chi connectivity index (χ1v) is 16.3. The first-order chi connectivity index (χ1) is 21.3. The molecule has 9 nitrogen and oxygen atoms in total. The molecule has 0 aliphatic carbocycles. The number of thiophene rings is 1. The number of carbonyl (C=O) groups excluding carboxylic acids is 2. The number of halogens is 1. The predicted octanol–water partition coefficient (Wildman–Crippen LogP) is 5.38. The van der Waals surface area contributed by atoms with Gasteiger partial charge in [-0.25, -0.2) is 14.4 Å². The highest BCUT2D eigenvalue weighted by Crippen LogP contribution is 2.47. The molecule has 6 rings (SSSR count). The number of rotatable bonds is 9. The van der Waals surface area contributed by atoms with E-state index in [9.17, 15) is 14.0 Å². The van der Waals surface area contributed by atoms with Crippen molar-refractivity contribution in [2.75, 3.05) is 51.4 Å². The van der Waals surface area contributed by atoms with Crippen LogP contribution in [0.1, 0.15) is 24.4 Å². The average molecular weight is 636 g/mol. The first-order valence-electron chi connectivity index (χ1n) is 14.6. The van der Waals surface area contributed by atoms with Crippen molar-refractivity contribution in [3.05, 3.63) is 58.7 Å². The Bertz CT molecular complexity index is 1730. The van der Waals surface area contributed by atoms with E-state index in [1.54, 1.807) is 29.4 Å². The number of thiazole rings is 1. The van der Waals surface area contributed by atoms with Gasteiger partial charge in [0.2, 0.25) is 11.8 Å². The molecule has 1 aromatic carbocycles. The summed E-state index contributed by atoms with van der Waals surface area (Å²) in [7, 11) is 1.59. The van der Waals surface area contributed by atoms with Crippen LogP contribution in [0, 0.1) is 5.82 Å². The molecule has 0 spiro atoms. The Balaban J connectivity index is 1.53. The number of hydrogen-bond donors (Lipinski definition) is 0. The van der Waals surface area contributed by atoms with Crippen LogP contribution in [0.5, 0.6) is 5.75 Å². The average Bonchev–Trinajstić information content (AvgIpc) is 3.67. The molecule has 2 aliphatic rings. The second-order valence-electron chi connectivity index (χ2n) is 11.0. The molecule has 0 unspecified atom stereocenters. The van der Waals surface area contributed by atoms with E-state index in [0.717, 1.165) is 32.0 Å². The van der Waals surface area contributed by atoms with Gasteiger partial charge in [0.1, 0.15) is 34.7 Å². The third kappa shape index (κ3) is 5.69. The van der Waals surface area contributed by atoms with Gasteiger partial charge in [0.25, 0.3) is 0 Å². The fraction of sp³-hybridized carbons (Fsp3) is 0.375. The molecule has 0 radical (unpaired) electrons. The molecule has 1 fully saturated rings. The zero-order valence-corrected chi connectivity index (χ0v) is 26.6. The van der Waals surface area contributed by atoms with Crippen LogP contribution in [0.15, 0.2) is 42.3 Å². The van der Waals surface area contributed by atoms with Crippen LogP contribution in [0.4, 0.5) is 10.2 Å². The topological polar surface area (TPSA) is 88.1 Å². The summed E-state index contributed by atoms with van der Waals surface area (Å²) in [5.74, 6) is 0.648. The molecule has 0 bridgehead atoms. The van der Waals surface area contributed by atoms with Crippen LogP contribution in [0.25, 0.3) is 31.9 Å². The Kier molecular flexibility index (Phi) is 8.66.